The molecule has 0 spiro atoms. The Bertz CT molecular complexity index is 713. The summed E-state index contributed by atoms with van der Waals surface area (Å²) in [5.41, 5.74) is 3.87. The van der Waals surface area contributed by atoms with Crippen LogP contribution in [-0.4, -0.2) is 18.1 Å². The zero-order chi connectivity index (χ0) is 15.0. The van der Waals surface area contributed by atoms with Crippen LogP contribution in [0.2, 0.25) is 0 Å². The summed E-state index contributed by atoms with van der Waals surface area (Å²) in [6.07, 6.45) is 2.84. The zero-order valence-electron chi connectivity index (χ0n) is 12.6. The van der Waals surface area contributed by atoms with E-state index in [0.717, 1.165) is 28.6 Å². The highest BCUT2D eigenvalue weighted by Gasteiger charge is 2.27. The summed E-state index contributed by atoms with van der Waals surface area (Å²) >= 11 is 0. The summed E-state index contributed by atoms with van der Waals surface area (Å²) in [5.74, 6) is 0.207. The van der Waals surface area contributed by atoms with Gasteiger partial charge in [-0.2, -0.15) is 0 Å². The molecule has 1 aliphatic rings. The first kappa shape index (κ1) is 13.7. The number of benzene rings is 1. The number of methoxy groups -OCH3 is 1. The molecule has 1 aromatic heterocycles. The number of hydrogen-bond acceptors (Lipinski definition) is 3. The molecule has 4 nitrogen and oxygen atoms in total. The quantitative estimate of drug-likeness (QED) is 0.850. The summed E-state index contributed by atoms with van der Waals surface area (Å²) in [5, 5.41) is 4.45. The van der Waals surface area contributed by atoms with E-state index in [-0.39, 0.29) is 12.0 Å². The normalized spacial score (nSPS) is 17.3. The molecule has 4 heteroatoms. The van der Waals surface area contributed by atoms with Crippen molar-refractivity contribution in [1.82, 2.24) is 10.3 Å². The van der Waals surface area contributed by atoms with Gasteiger partial charge in [0.15, 0.2) is 0 Å². The summed E-state index contributed by atoms with van der Waals surface area (Å²) in [6, 6.07) is 8.27. The highest BCUT2D eigenvalue weighted by atomic mass is 16.5. The highest BCUT2D eigenvalue weighted by Crippen LogP contribution is 2.35. The van der Waals surface area contributed by atoms with Crippen molar-refractivity contribution < 1.29 is 9.53 Å². The van der Waals surface area contributed by atoms with Crippen LogP contribution in [0.1, 0.15) is 37.6 Å². The molecular weight excluding hydrogens is 264 g/mol. The lowest BCUT2D eigenvalue weighted by Crippen LogP contribution is -2.30. The number of para-hydroxylation sites is 1. The minimum Gasteiger partial charge on any atom is -0.464 e. The standard InChI is InChI=1S/C17H20N2O2/c1-10(2)8-14-16-12(9-15(18-14)17(20)21-3)11-6-4-5-7-13(11)19-16/h4-7,9-10,14,18-19H,8H2,1-3H3/t14-/m0/s1. The Kier molecular flexibility index (Phi) is 3.45. The van der Waals surface area contributed by atoms with E-state index in [1.54, 1.807) is 0 Å². The van der Waals surface area contributed by atoms with Gasteiger partial charge in [0.2, 0.25) is 0 Å². The summed E-state index contributed by atoms with van der Waals surface area (Å²) < 4.78 is 4.87. The van der Waals surface area contributed by atoms with Crippen LogP contribution in [0, 0.1) is 5.92 Å². The number of rotatable bonds is 3. The summed E-state index contributed by atoms with van der Waals surface area (Å²) in [6.45, 7) is 4.36. The number of aromatic nitrogens is 1. The van der Waals surface area contributed by atoms with Crippen molar-refractivity contribution in [2.24, 2.45) is 5.92 Å². The largest absolute Gasteiger partial charge is 0.464 e. The Morgan fingerprint density at radius 3 is 2.81 bits per heavy atom. The number of esters is 1. The summed E-state index contributed by atoms with van der Waals surface area (Å²) in [7, 11) is 1.41. The first-order valence-electron chi connectivity index (χ1n) is 7.27. The van der Waals surface area contributed by atoms with E-state index in [1.807, 2.05) is 18.2 Å². The number of ether oxygens (including phenoxy) is 1. The van der Waals surface area contributed by atoms with Gasteiger partial charge in [-0.05, 0) is 24.5 Å². The number of carbonyl (C=O) groups is 1. The van der Waals surface area contributed by atoms with Gasteiger partial charge in [0, 0.05) is 22.2 Å². The minimum absolute atomic E-state index is 0.103. The van der Waals surface area contributed by atoms with Gasteiger partial charge in [-0.25, -0.2) is 4.79 Å². The third-order valence-corrected chi connectivity index (χ3v) is 3.86. The number of aromatic amines is 1. The molecule has 1 aromatic carbocycles. The van der Waals surface area contributed by atoms with Crippen molar-refractivity contribution in [2.75, 3.05) is 7.11 Å². The second-order valence-corrected chi connectivity index (χ2v) is 5.87. The molecule has 0 bridgehead atoms. The fraction of sp³-hybridized carbons (Fsp3) is 0.353. The lowest BCUT2D eigenvalue weighted by molar-refractivity contribution is -0.136. The molecule has 3 rings (SSSR count). The van der Waals surface area contributed by atoms with Crippen LogP contribution in [0.5, 0.6) is 0 Å². The molecule has 21 heavy (non-hydrogen) atoms. The predicted molar refractivity (Wildman–Crippen MR) is 83.6 cm³/mol. The van der Waals surface area contributed by atoms with Gasteiger partial charge in [-0.15, -0.1) is 0 Å². The van der Waals surface area contributed by atoms with Crippen LogP contribution in [0.15, 0.2) is 30.0 Å². The molecule has 0 radical (unpaired) electrons. The van der Waals surface area contributed by atoms with E-state index < -0.39 is 0 Å². The Hall–Kier alpha value is -2.23. The molecule has 2 heterocycles. The number of fused-ring (bicyclic) bond motifs is 3. The number of H-pyrrole nitrogens is 1. The zero-order valence-corrected chi connectivity index (χ0v) is 12.6. The molecule has 0 saturated carbocycles. The molecule has 0 fully saturated rings. The third-order valence-electron chi connectivity index (χ3n) is 3.86. The molecule has 0 unspecified atom stereocenters. The molecule has 1 atom stereocenters. The van der Waals surface area contributed by atoms with E-state index in [0.29, 0.717) is 11.6 Å². The number of carbonyl (C=O) groups excluding carboxylic acids is 1. The van der Waals surface area contributed by atoms with Crippen molar-refractivity contribution in [3.8, 4) is 0 Å². The minimum atomic E-state index is -0.320. The van der Waals surface area contributed by atoms with Gasteiger partial charge in [0.25, 0.3) is 0 Å². The SMILES string of the molecule is COC(=O)C1=Cc2c([nH]c3ccccc23)[C@H](CC(C)C)N1. The predicted octanol–water partition coefficient (Wildman–Crippen LogP) is 3.37. The molecule has 2 N–H and O–H groups in total. The van der Waals surface area contributed by atoms with Crippen molar-refractivity contribution >= 4 is 22.9 Å². The Morgan fingerprint density at radius 1 is 1.33 bits per heavy atom. The fourth-order valence-electron chi connectivity index (χ4n) is 2.94. The Labute approximate surface area is 124 Å². The van der Waals surface area contributed by atoms with Crippen LogP contribution in [-0.2, 0) is 9.53 Å². The average Bonchev–Trinajstić information content (AvgIpc) is 2.85. The molecule has 110 valence electrons. The van der Waals surface area contributed by atoms with Gasteiger partial charge in [-0.3, -0.25) is 0 Å². The maximum absolute atomic E-state index is 11.9. The Balaban J connectivity index is 2.14. The molecule has 0 amide bonds. The van der Waals surface area contributed by atoms with Gasteiger partial charge in [0.05, 0.1) is 13.2 Å². The number of hydrogen-bond donors (Lipinski definition) is 2. The van der Waals surface area contributed by atoms with E-state index in [1.165, 1.54) is 7.11 Å². The van der Waals surface area contributed by atoms with Crippen molar-refractivity contribution in [3.05, 3.63) is 41.2 Å². The van der Waals surface area contributed by atoms with E-state index in [9.17, 15) is 4.79 Å². The molecular formula is C17H20N2O2. The average molecular weight is 284 g/mol. The van der Waals surface area contributed by atoms with Crippen LogP contribution in [0.25, 0.3) is 17.0 Å². The molecule has 1 aliphatic heterocycles. The second-order valence-electron chi connectivity index (χ2n) is 5.87. The first-order valence-corrected chi connectivity index (χ1v) is 7.27. The number of nitrogens with one attached hydrogen (secondary N) is 2. The highest BCUT2D eigenvalue weighted by molar-refractivity contribution is 5.99. The van der Waals surface area contributed by atoms with Crippen molar-refractivity contribution in [3.63, 3.8) is 0 Å². The van der Waals surface area contributed by atoms with Crippen molar-refractivity contribution in [2.45, 2.75) is 26.3 Å². The topological polar surface area (TPSA) is 54.1 Å². The first-order chi connectivity index (χ1) is 10.1. The van der Waals surface area contributed by atoms with Crippen molar-refractivity contribution in [1.29, 1.82) is 0 Å². The fourth-order valence-corrected chi connectivity index (χ4v) is 2.94. The van der Waals surface area contributed by atoms with E-state index in [2.05, 4.69) is 36.3 Å². The summed E-state index contributed by atoms with van der Waals surface area (Å²) in [4.78, 5) is 15.4. The van der Waals surface area contributed by atoms with Gasteiger partial charge >= 0.3 is 5.97 Å². The lowest BCUT2D eigenvalue weighted by atomic mass is 9.94. The smallest absolute Gasteiger partial charge is 0.354 e. The van der Waals surface area contributed by atoms with E-state index in [4.69, 9.17) is 4.74 Å². The van der Waals surface area contributed by atoms with Crippen LogP contribution in [0.4, 0.5) is 0 Å². The molecule has 0 saturated heterocycles. The van der Waals surface area contributed by atoms with Gasteiger partial charge in [-0.1, -0.05) is 32.0 Å². The van der Waals surface area contributed by atoms with E-state index >= 15 is 0 Å². The maximum Gasteiger partial charge on any atom is 0.354 e. The van der Waals surface area contributed by atoms with Crippen LogP contribution < -0.4 is 5.32 Å². The van der Waals surface area contributed by atoms with Gasteiger partial charge < -0.3 is 15.0 Å². The molecule has 0 aliphatic carbocycles. The monoisotopic (exact) mass is 284 g/mol. The lowest BCUT2D eigenvalue weighted by Gasteiger charge is -2.26. The maximum atomic E-state index is 11.9. The second kappa shape index (κ2) is 5.28. The molecule has 2 aromatic rings. The van der Waals surface area contributed by atoms with Gasteiger partial charge in [0.1, 0.15) is 5.70 Å². The third kappa shape index (κ3) is 2.42. The Morgan fingerprint density at radius 2 is 2.10 bits per heavy atom. The van der Waals surface area contributed by atoms with Crippen LogP contribution in [0.3, 0.4) is 0 Å². The van der Waals surface area contributed by atoms with Crippen LogP contribution >= 0.6 is 0 Å².